The number of fused-ring (bicyclic) bond motifs is 1. The first-order valence-electron chi connectivity index (χ1n) is 9.67. The minimum Gasteiger partial charge on any atom is -0.325 e. The number of amides is 2. The van der Waals surface area contributed by atoms with Gasteiger partial charge in [0.2, 0.25) is 5.91 Å². The summed E-state index contributed by atoms with van der Waals surface area (Å²) in [6, 6.07) is 10.9. The minimum absolute atomic E-state index is 0.230. The van der Waals surface area contributed by atoms with E-state index >= 15 is 0 Å². The summed E-state index contributed by atoms with van der Waals surface area (Å²) < 4.78 is 15.1. The van der Waals surface area contributed by atoms with Gasteiger partial charge in [0.15, 0.2) is 5.69 Å². The number of hydrogen-bond donors (Lipinski definition) is 2. The standard InChI is InChI=1S/C22H20ClFN4O2/c1-13(29)25-19-11-8-15(12-18(19)23)26-22(30)21-17-4-2-3-5-20(17)28(27-21)16-9-6-14(24)7-10-16/h6-12H,2-5H2,1H3,(H,25,29)(H,26,30). The maximum atomic E-state index is 13.3. The number of nitrogens with zero attached hydrogens (tertiary/aromatic N) is 2. The Morgan fingerprint density at radius 1 is 1.07 bits per heavy atom. The number of benzene rings is 2. The third-order valence-electron chi connectivity index (χ3n) is 5.00. The predicted octanol–water partition coefficient (Wildman–Crippen LogP) is 4.75. The minimum atomic E-state index is -0.336. The molecule has 1 aromatic heterocycles. The molecular formula is C22H20ClFN4O2. The molecule has 0 radical (unpaired) electrons. The average Bonchev–Trinajstić information content (AvgIpc) is 3.10. The molecule has 0 saturated heterocycles. The Kier molecular flexibility index (Phi) is 5.55. The molecule has 0 fully saturated rings. The molecule has 1 aliphatic rings. The Balaban J connectivity index is 1.64. The van der Waals surface area contributed by atoms with E-state index in [0.29, 0.717) is 22.1 Å². The van der Waals surface area contributed by atoms with Gasteiger partial charge < -0.3 is 10.6 Å². The smallest absolute Gasteiger partial charge is 0.276 e. The third kappa shape index (κ3) is 4.07. The van der Waals surface area contributed by atoms with Crippen molar-refractivity contribution in [3.63, 3.8) is 0 Å². The number of rotatable bonds is 4. The zero-order chi connectivity index (χ0) is 21.3. The van der Waals surface area contributed by atoms with Gasteiger partial charge in [0.25, 0.3) is 5.91 Å². The van der Waals surface area contributed by atoms with Crippen molar-refractivity contribution in [2.45, 2.75) is 32.6 Å². The lowest BCUT2D eigenvalue weighted by Gasteiger charge is -2.14. The summed E-state index contributed by atoms with van der Waals surface area (Å²) in [5.41, 5.74) is 3.95. The molecule has 0 unspecified atom stereocenters. The van der Waals surface area contributed by atoms with E-state index in [1.54, 1.807) is 35.0 Å². The van der Waals surface area contributed by atoms with Crippen LogP contribution in [-0.4, -0.2) is 21.6 Å². The van der Waals surface area contributed by atoms with Gasteiger partial charge in [-0.3, -0.25) is 9.59 Å². The van der Waals surface area contributed by atoms with E-state index in [2.05, 4.69) is 15.7 Å². The van der Waals surface area contributed by atoms with Crippen molar-refractivity contribution in [3.8, 4) is 5.69 Å². The molecule has 2 N–H and O–H groups in total. The van der Waals surface area contributed by atoms with Crippen molar-refractivity contribution in [3.05, 3.63) is 70.3 Å². The van der Waals surface area contributed by atoms with Gasteiger partial charge in [-0.05, 0) is 68.1 Å². The van der Waals surface area contributed by atoms with Gasteiger partial charge in [0, 0.05) is 23.9 Å². The zero-order valence-electron chi connectivity index (χ0n) is 16.3. The van der Waals surface area contributed by atoms with Crippen LogP contribution in [0.3, 0.4) is 0 Å². The van der Waals surface area contributed by atoms with E-state index in [0.717, 1.165) is 42.6 Å². The summed E-state index contributed by atoms with van der Waals surface area (Å²) in [5.74, 6) is -0.888. The summed E-state index contributed by atoms with van der Waals surface area (Å²) >= 11 is 6.20. The summed E-state index contributed by atoms with van der Waals surface area (Å²) in [4.78, 5) is 24.2. The fourth-order valence-electron chi connectivity index (χ4n) is 3.65. The molecule has 30 heavy (non-hydrogen) atoms. The lowest BCUT2D eigenvalue weighted by atomic mass is 9.95. The third-order valence-corrected chi connectivity index (χ3v) is 5.32. The molecule has 2 amide bonds. The fraction of sp³-hybridized carbons (Fsp3) is 0.227. The molecule has 8 heteroatoms. The van der Waals surface area contributed by atoms with Crippen LogP contribution in [0.5, 0.6) is 0 Å². The van der Waals surface area contributed by atoms with Crippen molar-refractivity contribution >= 4 is 34.8 Å². The molecule has 6 nitrogen and oxygen atoms in total. The Bertz CT molecular complexity index is 1120. The molecule has 1 aliphatic carbocycles. The molecule has 0 atom stereocenters. The summed E-state index contributed by atoms with van der Waals surface area (Å²) in [6.45, 7) is 1.40. The van der Waals surface area contributed by atoms with Crippen LogP contribution in [0.2, 0.25) is 5.02 Å². The van der Waals surface area contributed by atoms with Gasteiger partial charge in [-0.1, -0.05) is 11.6 Å². The van der Waals surface area contributed by atoms with Crippen LogP contribution in [0, 0.1) is 5.82 Å². The van der Waals surface area contributed by atoms with E-state index in [4.69, 9.17) is 11.6 Å². The average molecular weight is 427 g/mol. The summed E-state index contributed by atoms with van der Waals surface area (Å²) in [5, 5.41) is 10.3. The Labute approximate surface area is 178 Å². The Morgan fingerprint density at radius 2 is 1.80 bits per heavy atom. The van der Waals surface area contributed by atoms with E-state index in [1.165, 1.54) is 19.1 Å². The van der Waals surface area contributed by atoms with Crippen molar-refractivity contribution in [2.24, 2.45) is 0 Å². The second-order valence-electron chi connectivity index (χ2n) is 7.20. The number of carbonyl (C=O) groups excluding carboxylic acids is 2. The van der Waals surface area contributed by atoms with Gasteiger partial charge in [0.1, 0.15) is 5.82 Å². The molecular weight excluding hydrogens is 407 g/mol. The topological polar surface area (TPSA) is 76.0 Å². The molecule has 0 bridgehead atoms. The molecule has 0 saturated carbocycles. The van der Waals surface area contributed by atoms with E-state index in [1.807, 2.05) is 0 Å². The first-order valence-corrected chi connectivity index (χ1v) is 10.1. The maximum Gasteiger partial charge on any atom is 0.276 e. The van der Waals surface area contributed by atoms with Crippen molar-refractivity contribution in [1.29, 1.82) is 0 Å². The van der Waals surface area contributed by atoms with Crippen LogP contribution in [0.25, 0.3) is 5.69 Å². The van der Waals surface area contributed by atoms with Gasteiger partial charge >= 0.3 is 0 Å². The van der Waals surface area contributed by atoms with Gasteiger partial charge in [-0.25, -0.2) is 9.07 Å². The van der Waals surface area contributed by atoms with Crippen LogP contribution in [-0.2, 0) is 17.6 Å². The molecule has 0 aliphatic heterocycles. The quantitative estimate of drug-likeness (QED) is 0.631. The van der Waals surface area contributed by atoms with Crippen LogP contribution in [0.1, 0.15) is 41.5 Å². The second kappa shape index (κ2) is 8.28. The van der Waals surface area contributed by atoms with Crippen molar-refractivity contribution in [1.82, 2.24) is 9.78 Å². The van der Waals surface area contributed by atoms with Crippen LogP contribution in [0.4, 0.5) is 15.8 Å². The first-order chi connectivity index (χ1) is 14.4. The molecule has 4 rings (SSSR count). The molecule has 1 heterocycles. The zero-order valence-corrected chi connectivity index (χ0v) is 17.1. The monoisotopic (exact) mass is 426 g/mol. The lowest BCUT2D eigenvalue weighted by molar-refractivity contribution is -0.114. The highest BCUT2D eigenvalue weighted by molar-refractivity contribution is 6.34. The highest BCUT2D eigenvalue weighted by atomic mass is 35.5. The van der Waals surface area contributed by atoms with Crippen LogP contribution >= 0.6 is 11.6 Å². The lowest BCUT2D eigenvalue weighted by Crippen LogP contribution is -2.16. The molecule has 2 aromatic carbocycles. The van der Waals surface area contributed by atoms with Gasteiger partial charge in [-0.2, -0.15) is 5.10 Å². The van der Waals surface area contributed by atoms with Crippen LogP contribution < -0.4 is 10.6 Å². The molecule has 3 aromatic rings. The van der Waals surface area contributed by atoms with E-state index in [-0.39, 0.29) is 17.6 Å². The van der Waals surface area contributed by atoms with Gasteiger partial charge in [0.05, 0.1) is 16.4 Å². The summed E-state index contributed by atoms with van der Waals surface area (Å²) in [6.07, 6.45) is 3.58. The maximum absolute atomic E-state index is 13.3. The Morgan fingerprint density at radius 3 is 2.50 bits per heavy atom. The Hall–Kier alpha value is -3.19. The first kappa shape index (κ1) is 20.1. The number of aromatic nitrogens is 2. The highest BCUT2D eigenvalue weighted by Crippen LogP contribution is 2.29. The predicted molar refractivity (Wildman–Crippen MR) is 114 cm³/mol. The highest BCUT2D eigenvalue weighted by Gasteiger charge is 2.25. The van der Waals surface area contributed by atoms with Crippen LogP contribution in [0.15, 0.2) is 42.5 Å². The number of hydrogen-bond acceptors (Lipinski definition) is 3. The summed E-state index contributed by atoms with van der Waals surface area (Å²) in [7, 11) is 0. The fourth-order valence-corrected chi connectivity index (χ4v) is 3.88. The molecule has 154 valence electrons. The second-order valence-corrected chi connectivity index (χ2v) is 7.61. The number of nitrogens with one attached hydrogen (secondary N) is 2. The largest absolute Gasteiger partial charge is 0.325 e. The van der Waals surface area contributed by atoms with E-state index < -0.39 is 0 Å². The SMILES string of the molecule is CC(=O)Nc1ccc(NC(=O)c2nn(-c3ccc(F)cc3)c3c2CCCC3)cc1Cl. The van der Waals surface area contributed by atoms with Crippen molar-refractivity contribution < 1.29 is 14.0 Å². The number of halogens is 2. The normalized spacial score (nSPS) is 12.9. The molecule has 0 spiro atoms. The van der Waals surface area contributed by atoms with Crippen molar-refractivity contribution in [2.75, 3.05) is 10.6 Å². The number of anilines is 2. The van der Waals surface area contributed by atoms with E-state index in [9.17, 15) is 14.0 Å². The number of carbonyl (C=O) groups is 2. The van der Waals surface area contributed by atoms with Gasteiger partial charge in [-0.15, -0.1) is 0 Å².